The van der Waals surface area contributed by atoms with Crippen molar-refractivity contribution in [2.75, 3.05) is 11.1 Å². The number of sulfone groups is 1. The zero-order valence-electron chi connectivity index (χ0n) is 12.5. The van der Waals surface area contributed by atoms with Gasteiger partial charge >= 0.3 is 0 Å². The third-order valence-corrected chi connectivity index (χ3v) is 6.08. The van der Waals surface area contributed by atoms with Crippen molar-refractivity contribution in [1.82, 2.24) is 0 Å². The Morgan fingerprint density at radius 1 is 1.18 bits per heavy atom. The highest BCUT2D eigenvalue weighted by Gasteiger charge is 2.27. The maximum absolute atomic E-state index is 12.3. The molecule has 0 fully saturated rings. The summed E-state index contributed by atoms with van der Waals surface area (Å²) in [5.41, 5.74) is 0.541. The number of amides is 1. The Labute approximate surface area is 130 Å². The van der Waals surface area contributed by atoms with Gasteiger partial charge in [0.2, 0.25) is 16.4 Å². The van der Waals surface area contributed by atoms with Gasteiger partial charge in [-0.1, -0.05) is 20.3 Å². The van der Waals surface area contributed by atoms with Crippen molar-refractivity contribution in [1.29, 1.82) is 0 Å². The Balaban J connectivity index is 3.77. The summed E-state index contributed by atoms with van der Waals surface area (Å²) >= 11 is 0. The van der Waals surface area contributed by atoms with E-state index in [4.69, 9.17) is 5.14 Å². The van der Waals surface area contributed by atoms with Gasteiger partial charge in [0.15, 0.2) is 9.84 Å². The molecule has 3 N–H and O–H groups in total. The smallest absolute Gasteiger partial charge is 0.239 e. The number of aryl methyl sites for hydroxylation is 1. The lowest BCUT2D eigenvalue weighted by molar-refractivity contribution is -0.105. The van der Waals surface area contributed by atoms with Crippen LogP contribution in [-0.4, -0.2) is 29.0 Å². The first-order valence-electron chi connectivity index (χ1n) is 6.80. The van der Waals surface area contributed by atoms with Crippen molar-refractivity contribution in [3.63, 3.8) is 0 Å². The van der Waals surface area contributed by atoms with Crippen LogP contribution in [0.3, 0.4) is 0 Å². The fraction of sp³-hybridized carbons (Fsp3) is 0.462. The number of primary sulfonamides is 1. The molecule has 1 aromatic carbocycles. The van der Waals surface area contributed by atoms with Gasteiger partial charge in [0.1, 0.15) is 4.90 Å². The number of anilines is 1. The highest BCUT2D eigenvalue weighted by atomic mass is 32.2. The van der Waals surface area contributed by atoms with Crippen LogP contribution in [0.25, 0.3) is 0 Å². The summed E-state index contributed by atoms with van der Waals surface area (Å²) in [4.78, 5) is 9.85. The summed E-state index contributed by atoms with van der Waals surface area (Å²) in [5, 5.41) is 7.50. The van der Waals surface area contributed by atoms with Crippen molar-refractivity contribution in [3.05, 3.63) is 17.7 Å². The van der Waals surface area contributed by atoms with Gasteiger partial charge in [0.25, 0.3) is 0 Å². The van der Waals surface area contributed by atoms with Crippen molar-refractivity contribution >= 4 is 32.0 Å². The van der Waals surface area contributed by atoms with Crippen LogP contribution in [0.1, 0.15) is 32.3 Å². The molecule has 0 heterocycles. The molecule has 1 rings (SSSR count). The number of benzene rings is 1. The molecule has 1 amide bonds. The number of carbonyl (C=O) groups is 1. The van der Waals surface area contributed by atoms with E-state index in [0.29, 0.717) is 24.8 Å². The molecule has 9 heteroatoms. The summed E-state index contributed by atoms with van der Waals surface area (Å²) in [6.45, 7) is 3.37. The molecule has 0 aromatic heterocycles. The first-order chi connectivity index (χ1) is 10.2. The number of rotatable bonds is 8. The van der Waals surface area contributed by atoms with E-state index >= 15 is 0 Å². The molecule has 0 atom stereocenters. The summed E-state index contributed by atoms with van der Waals surface area (Å²) in [6.07, 6.45) is 2.25. The van der Waals surface area contributed by atoms with Gasteiger partial charge in [-0.2, -0.15) is 0 Å². The van der Waals surface area contributed by atoms with Crippen LogP contribution >= 0.6 is 0 Å². The molecule has 124 valence electrons. The molecule has 0 aliphatic rings. The fourth-order valence-corrected chi connectivity index (χ4v) is 4.70. The van der Waals surface area contributed by atoms with E-state index in [1.165, 1.54) is 13.0 Å². The molecule has 0 saturated heterocycles. The minimum atomic E-state index is -4.25. The molecule has 0 spiro atoms. The molecule has 0 bridgehead atoms. The maximum Gasteiger partial charge on any atom is 0.239 e. The minimum absolute atomic E-state index is 0.195. The predicted octanol–water partition coefficient (Wildman–Crippen LogP) is 1.04. The number of sulfonamides is 1. The van der Waals surface area contributed by atoms with Crippen molar-refractivity contribution in [3.8, 4) is 0 Å². The number of unbranched alkanes of at least 4 members (excludes halogenated alkanes) is 1. The fourth-order valence-electron chi connectivity index (χ4n) is 2.07. The number of hydrogen-bond acceptors (Lipinski definition) is 5. The highest BCUT2D eigenvalue weighted by Crippen LogP contribution is 2.30. The summed E-state index contributed by atoms with van der Waals surface area (Å²) in [5.74, 6) is -0.241. The average molecular weight is 348 g/mol. The number of nitrogens with one attached hydrogen (secondary N) is 1. The molecule has 0 saturated carbocycles. The van der Waals surface area contributed by atoms with E-state index in [1.54, 1.807) is 0 Å². The molecular weight excluding hydrogens is 328 g/mol. The van der Waals surface area contributed by atoms with Gasteiger partial charge in [-0.3, -0.25) is 4.79 Å². The van der Waals surface area contributed by atoms with Crippen LogP contribution < -0.4 is 10.5 Å². The first-order valence-corrected chi connectivity index (χ1v) is 9.99. The molecule has 0 aliphatic heterocycles. The van der Waals surface area contributed by atoms with Gasteiger partial charge in [0, 0.05) is 5.69 Å². The molecule has 0 unspecified atom stereocenters. The lowest BCUT2D eigenvalue weighted by atomic mass is 10.1. The van der Waals surface area contributed by atoms with Crippen molar-refractivity contribution < 1.29 is 21.6 Å². The van der Waals surface area contributed by atoms with Crippen LogP contribution in [0.15, 0.2) is 21.9 Å². The van der Waals surface area contributed by atoms with Gasteiger partial charge in [-0.15, -0.1) is 0 Å². The Bertz CT molecular complexity index is 755. The van der Waals surface area contributed by atoms with Crippen LogP contribution in [-0.2, 0) is 31.1 Å². The molecule has 7 nitrogen and oxygen atoms in total. The van der Waals surface area contributed by atoms with E-state index < -0.39 is 24.8 Å². The number of carbonyl (C=O) groups excluding carboxylic acids is 1. The normalized spacial score (nSPS) is 12.1. The monoisotopic (exact) mass is 348 g/mol. The zero-order valence-corrected chi connectivity index (χ0v) is 14.1. The SMILES string of the molecule is CCCCc1cc(NC=O)cc(S(N)(=O)=O)c1S(=O)(=O)CC. The van der Waals surface area contributed by atoms with Gasteiger partial charge < -0.3 is 5.32 Å². The predicted molar refractivity (Wildman–Crippen MR) is 83.8 cm³/mol. The third kappa shape index (κ3) is 4.28. The first kappa shape index (κ1) is 18.6. The van der Waals surface area contributed by atoms with Crippen molar-refractivity contribution in [2.45, 2.75) is 42.9 Å². The van der Waals surface area contributed by atoms with Crippen LogP contribution in [0.5, 0.6) is 0 Å². The minimum Gasteiger partial charge on any atom is -0.329 e. The standard InChI is InChI=1S/C13H20N2O5S2/c1-3-5-6-10-7-11(15-9-16)8-12(22(14,19)20)13(10)21(17,18)4-2/h7-9H,3-6H2,1-2H3,(H,15,16)(H2,14,19,20). The van der Waals surface area contributed by atoms with Gasteiger partial charge in [-0.05, 0) is 30.5 Å². The van der Waals surface area contributed by atoms with E-state index in [-0.39, 0.29) is 16.3 Å². The molecular formula is C13H20N2O5S2. The second-order valence-electron chi connectivity index (χ2n) is 4.78. The van der Waals surface area contributed by atoms with E-state index in [0.717, 1.165) is 12.5 Å². The Kier molecular flexibility index (Phi) is 6.09. The number of hydrogen-bond donors (Lipinski definition) is 2. The average Bonchev–Trinajstić information content (AvgIpc) is 2.43. The van der Waals surface area contributed by atoms with Crippen molar-refractivity contribution in [2.24, 2.45) is 5.14 Å². The van der Waals surface area contributed by atoms with E-state index in [1.807, 2.05) is 6.92 Å². The summed E-state index contributed by atoms with van der Waals surface area (Å²) in [6, 6.07) is 2.54. The van der Waals surface area contributed by atoms with Gasteiger partial charge in [-0.25, -0.2) is 22.0 Å². The zero-order chi connectivity index (χ0) is 17.0. The second kappa shape index (κ2) is 7.21. The lowest BCUT2D eigenvalue weighted by Crippen LogP contribution is -2.20. The Hall–Kier alpha value is -1.45. The van der Waals surface area contributed by atoms with Crippen LogP contribution in [0, 0.1) is 0 Å². The number of nitrogens with two attached hydrogens (primary N) is 1. The Morgan fingerprint density at radius 3 is 2.27 bits per heavy atom. The van der Waals surface area contributed by atoms with E-state index in [2.05, 4.69) is 5.32 Å². The Morgan fingerprint density at radius 2 is 1.82 bits per heavy atom. The van der Waals surface area contributed by atoms with Gasteiger partial charge in [0.05, 0.1) is 10.6 Å². The quantitative estimate of drug-likeness (QED) is 0.679. The lowest BCUT2D eigenvalue weighted by Gasteiger charge is -2.15. The molecule has 0 aliphatic carbocycles. The largest absolute Gasteiger partial charge is 0.329 e. The second-order valence-corrected chi connectivity index (χ2v) is 8.52. The summed E-state index contributed by atoms with van der Waals surface area (Å²) in [7, 11) is -8.03. The third-order valence-electron chi connectivity index (χ3n) is 3.15. The van der Waals surface area contributed by atoms with Crippen LogP contribution in [0.2, 0.25) is 0 Å². The summed E-state index contributed by atoms with van der Waals surface area (Å²) < 4.78 is 48.2. The molecule has 1 aromatic rings. The maximum atomic E-state index is 12.3. The topological polar surface area (TPSA) is 123 Å². The highest BCUT2D eigenvalue weighted by molar-refractivity contribution is 7.93. The van der Waals surface area contributed by atoms with Crippen LogP contribution in [0.4, 0.5) is 5.69 Å². The molecule has 0 radical (unpaired) electrons. The molecule has 22 heavy (non-hydrogen) atoms. The van der Waals surface area contributed by atoms with E-state index in [9.17, 15) is 21.6 Å².